The van der Waals surface area contributed by atoms with Crippen molar-refractivity contribution in [2.45, 2.75) is 29.5 Å². The zero-order valence-corrected chi connectivity index (χ0v) is 16.3. The van der Waals surface area contributed by atoms with E-state index < -0.39 is 17.0 Å². The Kier molecular flexibility index (Phi) is 7.35. The van der Waals surface area contributed by atoms with E-state index in [1.807, 2.05) is 6.07 Å². The maximum absolute atomic E-state index is 12.4. The van der Waals surface area contributed by atoms with E-state index in [1.165, 1.54) is 31.2 Å². The molecular weight excluding hydrogens is 413 g/mol. The molecule has 2 aromatic carbocycles. The molecule has 2 aromatic rings. The molecule has 0 aliphatic rings. The highest BCUT2D eigenvalue weighted by Crippen LogP contribution is 2.36. The van der Waals surface area contributed by atoms with Crippen molar-refractivity contribution in [1.82, 2.24) is 5.32 Å². The number of halogens is 4. The van der Waals surface area contributed by atoms with Crippen LogP contribution in [0, 0.1) is 11.3 Å². The summed E-state index contributed by atoms with van der Waals surface area (Å²) in [6.07, 6.45) is 0. The van der Waals surface area contributed by atoms with Crippen molar-refractivity contribution < 1.29 is 22.7 Å². The fourth-order valence-corrected chi connectivity index (χ4v) is 2.85. The van der Waals surface area contributed by atoms with Gasteiger partial charge in [-0.15, -0.1) is 0 Å². The summed E-state index contributed by atoms with van der Waals surface area (Å²) in [6.45, 7) is 1.66. The van der Waals surface area contributed by atoms with Crippen LogP contribution < -0.4 is 5.32 Å². The summed E-state index contributed by atoms with van der Waals surface area (Å²) in [5.74, 6) is -0.581. The van der Waals surface area contributed by atoms with Gasteiger partial charge in [0.15, 0.2) is 0 Å². The number of ether oxygens (including phenoxy) is 1. The number of hydrogen-bond donors (Lipinski definition) is 1. The Morgan fingerprint density at radius 1 is 1.18 bits per heavy atom. The third-order valence-corrected chi connectivity index (χ3v) is 4.55. The second kappa shape index (κ2) is 9.32. The van der Waals surface area contributed by atoms with Crippen LogP contribution in [-0.4, -0.2) is 23.6 Å². The zero-order valence-electron chi connectivity index (χ0n) is 14.7. The number of carbonyl (C=O) groups is 1. The van der Waals surface area contributed by atoms with E-state index in [2.05, 4.69) is 5.32 Å². The Balaban J connectivity index is 1.93. The number of rotatable bonds is 7. The van der Waals surface area contributed by atoms with E-state index in [4.69, 9.17) is 16.3 Å². The molecule has 0 radical (unpaired) electrons. The van der Waals surface area contributed by atoms with Crippen LogP contribution in [0.5, 0.6) is 0 Å². The minimum absolute atomic E-state index is 0.0293. The molecule has 1 unspecified atom stereocenters. The average molecular weight is 429 g/mol. The van der Waals surface area contributed by atoms with Crippen LogP contribution >= 0.6 is 23.4 Å². The maximum atomic E-state index is 12.4. The molecule has 1 amide bonds. The lowest BCUT2D eigenvalue weighted by molar-refractivity contribution is -0.0328. The van der Waals surface area contributed by atoms with E-state index in [1.54, 1.807) is 24.3 Å². The molecule has 0 aliphatic heterocycles. The Labute approximate surface area is 169 Å². The van der Waals surface area contributed by atoms with Gasteiger partial charge >= 0.3 is 5.51 Å². The minimum atomic E-state index is -4.40. The van der Waals surface area contributed by atoms with Crippen LogP contribution in [0.3, 0.4) is 0 Å². The number of hydrogen-bond acceptors (Lipinski definition) is 4. The number of nitriles is 1. The van der Waals surface area contributed by atoms with Crippen LogP contribution in [0.4, 0.5) is 13.2 Å². The fraction of sp³-hybridized carbons (Fsp3) is 0.263. The van der Waals surface area contributed by atoms with Gasteiger partial charge in [0.2, 0.25) is 0 Å². The summed E-state index contributed by atoms with van der Waals surface area (Å²) < 4.78 is 42.6. The van der Waals surface area contributed by atoms with Crippen molar-refractivity contribution in [3.05, 3.63) is 64.7 Å². The van der Waals surface area contributed by atoms with Gasteiger partial charge in [0.1, 0.15) is 5.54 Å². The zero-order chi connectivity index (χ0) is 20.8. The predicted molar refractivity (Wildman–Crippen MR) is 101 cm³/mol. The molecule has 148 valence electrons. The standard InChI is InChI=1S/C19H16ClF3N2O2S/c1-18(11-24,12-27-10-13-2-6-15(20)7-3-13)25-17(26)14-4-8-16(9-5-14)28-19(21,22)23/h2-9H,10,12H2,1H3,(H,25,26). The number of thioether (sulfide) groups is 1. The first kappa shape index (κ1) is 22.1. The van der Waals surface area contributed by atoms with Gasteiger partial charge in [0.25, 0.3) is 5.91 Å². The third-order valence-electron chi connectivity index (χ3n) is 3.56. The van der Waals surface area contributed by atoms with Gasteiger partial charge < -0.3 is 10.1 Å². The molecule has 0 saturated carbocycles. The second-order valence-electron chi connectivity index (χ2n) is 6.09. The van der Waals surface area contributed by atoms with E-state index in [0.29, 0.717) is 5.02 Å². The molecule has 0 spiro atoms. The largest absolute Gasteiger partial charge is 0.446 e. The number of nitrogens with one attached hydrogen (secondary N) is 1. The number of alkyl halides is 3. The third kappa shape index (κ3) is 7.08. The SMILES string of the molecule is CC(C#N)(COCc1ccc(Cl)cc1)NC(=O)c1ccc(SC(F)(F)F)cc1. The van der Waals surface area contributed by atoms with Crippen LogP contribution in [0.1, 0.15) is 22.8 Å². The van der Waals surface area contributed by atoms with Gasteiger partial charge in [-0.25, -0.2) is 0 Å². The highest BCUT2D eigenvalue weighted by Gasteiger charge is 2.30. The smallest absolute Gasteiger partial charge is 0.373 e. The molecule has 4 nitrogen and oxygen atoms in total. The normalized spacial score (nSPS) is 13.4. The van der Waals surface area contributed by atoms with E-state index in [0.717, 1.165) is 5.56 Å². The molecule has 9 heteroatoms. The lowest BCUT2D eigenvalue weighted by atomic mass is 10.1. The highest BCUT2D eigenvalue weighted by molar-refractivity contribution is 8.00. The van der Waals surface area contributed by atoms with Gasteiger partial charge in [0.05, 0.1) is 19.3 Å². The first-order valence-electron chi connectivity index (χ1n) is 8.02. The van der Waals surface area contributed by atoms with Crippen LogP contribution in [0.15, 0.2) is 53.4 Å². The van der Waals surface area contributed by atoms with Crippen molar-refractivity contribution in [3.8, 4) is 6.07 Å². The van der Waals surface area contributed by atoms with Crippen LogP contribution in [0.2, 0.25) is 5.02 Å². The van der Waals surface area contributed by atoms with Gasteiger partial charge in [0, 0.05) is 15.5 Å². The molecule has 28 heavy (non-hydrogen) atoms. The number of amides is 1. The summed E-state index contributed by atoms with van der Waals surface area (Å²) in [6, 6.07) is 13.9. The Hall–Kier alpha value is -2.21. The summed E-state index contributed by atoms with van der Waals surface area (Å²) in [5, 5.41) is 12.5. The first-order valence-corrected chi connectivity index (χ1v) is 9.21. The van der Waals surface area contributed by atoms with Crippen LogP contribution in [0.25, 0.3) is 0 Å². The maximum Gasteiger partial charge on any atom is 0.446 e. The first-order chi connectivity index (χ1) is 13.1. The monoisotopic (exact) mass is 428 g/mol. The number of carbonyl (C=O) groups excluding carboxylic acids is 1. The van der Waals surface area contributed by atoms with Crippen molar-refractivity contribution in [2.24, 2.45) is 0 Å². The topological polar surface area (TPSA) is 62.1 Å². The van der Waals surface area contributed by atoms with Gasteiger partial charge in [-0.3, -0.25) is 4.79 Å². The van der Waals surface area contributed by atoms with Crippen molar-refractivity contribution in [2.75, 3.05) is 6.61 Å². The van der Waals surface area contributed by atoms with E-state index in [-0.39, 0.29) is 35.4 Å². The molecule has 1 atom stereocenters. The predicted octanol–water partition coefficient (Wildman–Crippen LogP) is 5.18. The fourth-order valence-electron chi connectivity index (χ4n) is 2.18. The lowest BCUT2D eigenvalue weighted by Gasteiger charge is -2.23. The Morgan fingerprint density at radius 2 is 1.79 bits per heavy atom. The van der Waals surface area contributed by atoms with Crippen molar-refractivity contribution in [3.63, 3.8) is 0 Å². The molecule has 1 N–H and O–H groups in total. The van der Waals surface area contributed by atoms with Crippen LogP contribution in [-0.2, 0) is 11.3 Å². The number of benzene rings is 2. The number of nitrogens with zero attached hydrogens (tertiary/aromatic N) is 1. The van der Waals surface area contributed by atoms with E-state index in [9.17, 15) is 23.2 Å². The van der Waals surface area contributed by atoms with Gasteiger partial charge in [-0.05, 0) is 60.6 Å². The molecular formula is C19H16ClF3N2O2S. The lowest BCUT2D eigenvalue weighted by Crippen LogP contribution is -2.48. The Bertz CT molecular complexity index is 851. The summed E-state index contributed by atoms with van der Waals surface area (Å²) >= 11 is 5.55. The Morgan fingerprint density at radius 3 is 2.32 bits per heavy atom. The summed E-state index contributed by atoms with van der Waals surface area (Å²) in [4.78, 5) is 12.3. The molecule has 0 bridgehead atoms. The average Bonchev–Trinajstić information content (AvgIpc) is 2.62. The van der Waals surface area contributed by atoms with Crippen molar-refractivity contribution >= 4 is 29.3 Å². The molecule has 0 saturated heterocycles. The summed E-state index contributed by atoms with van der Waals surface area (Å²) in [5.41, 5.74) is -4.70. The molecule has 2 rings (SSSR count). The highest BCUT2D eigenvalue weighted by atomic mass is 35.5. The quantitative estimate of drug-likeness (QED) is 0.617. The summed E-state index contributed by atoms with van der Waals surface area (Å²) in [7, 11) is 0. The molecule has 0 fully saturated rings. The minimum Gasteiger partial charge on any atom is -0.373 e. The molecule has 0 heterocycles. The van der Waals surface area contributed by atoms with Crippen molar-refractivity contribution in [1.29, 1.82) is 5.26 Å². The van der Waals surface area contributed by atoms with E-state index >= 15 is 0 Å². The molecule has 0 aliphatic carbocycles. The molecule has 0 aromatic heterocycles. The van der Waals surface area contributed by atoms with Gasteiger partial charge in [-0.2, -0.15) is 18.4 Å². The second-order valence-corrected chi connectivity index (χ2v) is 7.66. The van der Waals surface area contributed by atoms with Gasteiger partial charge in [-0.1, -0.05) is 23.7 Å².